The van der Waals surface area contributed by atoms with E-state index in [9.17, 15) is 9.59 Å². The standard InChI is InChI=1S/C18H21N5O2/c24-17-7-6-14(19-17)18(25)22-9-8-16-20-15(21-23(16)11-10-22)12-13-4-2-1-3-5-13/h1-5,14H,6-12H2,(H,19,24). The number of carbonyl (C=O) groups is 2. The van der Waals surface area contributed by atoms with E-state index in [1.165, 1.54) is 5.56 Å². The van der Waals surface area contributed by atoms with Crippen LogP contribution in [0, 0.1) is 0 Å². The van der Waals surface area contributed by atoms with Crippen LogP contribution in [0.3, 0.4) is 0 Å². The van der Waals surface area contributed by atoms with Crippen LogP contribution in [0.1, 0.15) is 30.1 Å². The molecule has 7 nitrogen and oxygen atoms in total. The Morgan fingerprint density at radius 2 is 2.00 bits per heavy atom. The molecule has 2 aliphatic rings. The minimum atomic E-state index is -0.362. The summed E-state index contributed by atoms with van der Waals surface area (Å²) in [6, 6.07) is 9.81. The van der Waals surface area contributed by atoms with Crippen molar-refractivity contribution in [1.82, 2.24) is 25.0 Å². The zero-order valence-corrected chi connectivity index (χ0v) is 14.0. The summed E-state index contributed by atoms with van der Waals surface area (Å²) in [5, 5.41) is 7.36. The molecule has 1 N–H and O–H groups in total. The maximum Gasteiger partial charge on any atom is 0.245 e. The lowest BCUT2D eigenvalue weighted by Crippen LogP contribution is -2.45. The van der Waals surface area contributed by atoms with Gasteiger partial charge in [0.05, 0.1) is 6.54 Å². The highest BCUT2D eigenvalue weighted by Crippen LogP contribution is 2.14. The molecule has 0 bridgehead atoms. The first-order chi connectivity index (χ1) is 12.2. The molecule has 1 fully saturated rings. The SMILES string of the molecule is O=C1CCC(C(=O)N2CCc3nc(Cc4ccccc4)nn3CC2)N1. The third-order valence-electron chi connectivity index (χ3n) is 4.79. The molecular weight excluding hydrogens is 318 g/mol. The molecule has 0 saturated carbocycles. The molecule has 1 unspecified atom stereocenters. The number of hydrogen-bond acceptors (Lipinski definition) is 4. The van der Waals surface area contributed by atoms with Gasteiger partial charge >= 0.3 is 0 Å². The van der Waals surface area contributed by atoms with Gasteiger partial charge in [0.15, 0.2) is 5.82 Å². The molecule has 2 aromatic rings. The van der Waals surface area contributed by atoms with Crippen molar-refractivity contribution in [3.05, 3.63) is 47.5 Å². The molecule has 2 amide bonds. The lowest BCUT2D eigenvalue weighted by molar-refractivity contribution is -0.134. The lowest BCUT2D eigenvalue weighted by Gasteiger charge is -2.23. The molecule has 0 spiro atoms. The van der Waals surface area contributed by atoms with E-state index < -0.39 is 0 Å². The van der Waals surface area contributed by atoms with Crippen molar-refractivity contribution in [2.45, 2.75) is 38.3 Å². The summed E-state index contributed by atoms with van der Waals surface area (Å²) >= 11 is 0. The fraction of sp³-hybridized carbons (Fsp3) is 0.444. The van der Waals surface area contributed by atoms with E-state index in [1.807, 2.05) is 27.8 Å². The minimum Gasteiger partial charge on any atom is -0.344 e. The fourth-order valence-corrected chi connectivity index (χ4v) is 3.45. The fourth-order valence-electron chi connectivity index (χ4n) is 3.45. The first-order valence-corrected chi connectivity index (χ1v) is 8.74. The zero-order chi connectivity index (χ0) is 17.2. The van der Waals surface area contributed by atoms with Gasteiger partial charge in [-0.25, -0.2) is 9.67 Å². The molecule has 4 rings (SSSR count). The van der Waals surface area contributed by atoms with E-state index in [0.29, 0.717) is 38.9 Å². The Morgan fingerprint density at radius 1 is 1.16 bits per heavy atom. The number of carbonyl (C=O) groups excluding carboxylic acids is 2. The summed E-state index contributed by atoms with van der Waals surface area (Å²) in [5.41, 5.74) is 1.19. The second kappa shape index (κ2) is 6.66. The average Bonchev–Trinajstić information content (AvgIpc) is 3.16. The Hall–Kier alpha value is -2.70. The topological polar surface area (TPSA) is 80.1 Å². The second-order valence-corrected chi connectivity index (χ2v) is 6.56. The Balaban J connectivity index is 1.40. The number of aromatic nitrogens is 3. The number of nitrogens with zero attached hydrogens (tertiary/aromatic N) is 4. The van der Waals surface area contributed by atoms with Gasteiger partial charge in [0, 0.05) is 32.4 Å². The maximum absolute atomic E-state index is 12.5. The van der Waals surface area contributed by atoms with Crippen molar-refractivity contribution in [2.75, 3.05) is 13.1 Å². The molecule has 25 heavy (non-hydrogen) atoms. The molecule has 130 valence electrons. The van der Waals surface area contributed by atoms with Crippen LogP contribution in [0.4, 0.5) is 0 Å². The van der Waals surface area contributed by atoms with Crippen molar-refractivity contribution in [1.29, 1.82) is 0 Å². The van der Waals surface area contributed by atoms with E-state index in [-0.39, 0.29) is 17.9 Å². The Morgan fingerprint density at radius 3 is 2.76 bits per heavy atom. The van der Waals surface area contributed by atoms with Crippen LogP contribution in [-0.2, 0) is 29.0 Å². The average molecular weight is 339 g/mol. The van der Waals surface area contributed by atoms with Crippen LogP contribution >= 0.6 is 0 Å². The molecule has 7 heteroatoms. The summed E-state index contributed by atoms with van der Waals surface area (Å²) in [7, 11) is 0. The van der Waals surface area contributed by atoms with E-state index in [2.05, 4.69) is 27.5 Å². The van der Waals surface area contributed by atoms with E-state index in [1.54, 1.807) is 0 Å². The highest BCUT2D eigenvalue weighted by Gasteiger charge is 2.31. The predicted octanol–water partition coefficient (Wildman–Crippen LogP) is 0.532. The monoisotopic (exact) mass is 339 g/mol. The van der Waals surface area contributed by atoms with Crippen LogP contribution in [0.25, 0.3) is 0 Å². The molecule has 0 aliphatic carbocycles. The van der Waals surface area contributed by atoms with Crippen LogP contribution in [0.5, 0.6) is 0 Å². The molecule has 2 aliphatic heterocycles. The van der Waals surface area contributed by atoms with Gasteiger partial charge in [0.1, 0.15) is 11.9 Å². The zero-order valence-electron chi connectivity index (χ0n) is 14.0. The third kappa shape index (κ3) is 3.40. The molecule has 1 aromatic heterocycles. The number of benzene rings is 1. The first-order valence-electron chi connectivity index (χ1n) is 8.74. The molecular formula is C18H21N5O2. The summed E-state index contributed by atoms with van der Waals surface area (Å²) in [4.78, 5) is 30.3. The third-order valence-corrected chi connectivity index (χ3v) is 4.79. The maximum atomic E-state index is 12.5. The number of fused-ring (bicyclic) bond motifs is 1. The summed E-state index contributed by atoms with van der Waals surface area (Å²) in [5.74, 6) is 1.73. The number of hydrogen-bond donors (Lipinski definition) is 1. The highest BCUT2D eigenvalue weighted by atomic mass is 16.2. The van der Waals surface area contributed by atoms with Gasteiger partial charge in [-0.05, 0) is 12.0 Å². The van der Waals surface area contributed by atoms with Crippen molar-refractivity contribution in [3.63, 3.8) is 0 Å². The van der Waals surface area contributed by atoms with Crippen molar-refractivity contribution < 1.29 is 9.59 Å². The Bertz CT molecular complexity index is 761. The van der Waals surface area contributed by atoms with Crippen LogP contribution in [0.15, 0.2) is 30.3 Å². The minimum absolute atomic E-state index is 0.0149. The van der Waals surface area contributed by atoms with Gasteiger partial charge in [-0.15, -0.1) is 0 Å². The highest BCUT2D eigenvalue weighted by molar-refractivity contribution is 5.90. The largest absolute Gasteiger partial charge is 0.344 e. The molecule has 3 heterocycles. The second-order valence-electron chi connectivity index (χ2n) is 6.56. The van der Waals surface area contributed by atoms with E-state index in [0.717, 1.165) is 18.1 Å². The van der Waals surface area contributed by atoms with Gasteiger partial charge < -0.3 is 10.2 Å². The van der Waals surface area contributed by atoms with E-state index >= 15 is 0 Å². The molecule has 1 atom stereocenters. The quantitative estimate of drug-likeness (QED) is 0.885. The van der Waals surface area contributed by atoms with Crippen LogP contribution < -0.4 is 5.32 Å². The smallest absolute Gasteiger partial charge is 0.245 e. The summed E-state index contributed by atoms with van der Waals surface area (Å²) in [6.45, 7) is 1.87. The molecule has 1 saturated heterocycles. The Labute approximate surface area is 146 Å². The van der Waals surface area contributed by atoms with Gasteiger partial charge in [-0.3, -0.25) is 9.59 Å². The van der Waals surface area contributed by atoms with Gasteiger partial charge in [0.25, 0.3) is 0 Å². The first kappa shape index (κ1) is 15.8. The molecule has 0 radical (unpaired) electrons. The summed E-state index contributed by atoms with van der Waals surface area (Å²) < 4.78 is 1.92. The number of nitrogens with one attached hydrogen (secondary N) is 1. The summed E-state index contributed by atoms with van der Waals surface area (Å²) in [6.07, 6.45) is 2.44. The van der Waals surface area contributed by atoms with Crippen molar-refractivity contribution in [3.8, 4) is 0 Å². The number of amides is 2. The Kier molecular flexibility index (Phi) is 4.21. The van der Waals surface area contributed by atoms with Gasteiger partial charge in [-0.1, -0.05) is 30.3 Å². The van der Waals surface area contributed by atoms with Gasteiger partial charge in [0.2, 0.25) is 11.8 Å². The van der Waals surface area contributed by atoms with Crippen molar-refractivity contribution in [2.24, 2.45) is 0 Å². The van der Waals surface area contributed by atoms with Crippen molar-refractivity contribution >= 4 is 11.8 Å². The van der Waals surface area contributed by atoms with E-state index in [4.69, 9.17) is 0 Å². The van der Waals surface area contributed by atoms with Crippen LogP contribution in [0.2, 0.25) is 0 Å². The number of rotatable bonds is 3. The lowest BCUT2D eigenvalue weighted by atomic mass is 10.1. The molecule has 1 aromatic carbocycles. The predicted molar refractivity (Wildman–Crippen MR) is 90.7 cm³/mol. The van der Waals surface area contributed by atoms with Crippen LogP contribution in [-0.4, -0.2) is 50.6 Å². The normalized spacial score (nSPS) is 20.1. The van der Waals surface area contributed by atoms with Gasteiger partial charge in [-0.2, -0.15) is 5.10 Å².